The van der Waals surface area contributed by atoms with E-state index in [9.17, 15) is 13.6 Å². The lowest BCUT2D eigenvalue weighted by molar-refractivity contribution is -0.109. The summed E-state index contributed by atoms with van der Waals surface area (Å²) >= 11 is 0. The van der Waals surface area contributed by atoms with Gasteiger partial charge in [0.2, 0.25) is 6.41 Å². The molecule has 9 heavy (non-hydrogen) atoms. The minimum absolute atomic E-state index is 0.182. The molecule has 52 valence electrons. The molecule has 1 amide bonds. The zero-order valence-electron chi connectivity index (χ0n) is 4.73. The van der Waals surface area contributed by atoms with Gasteiger partial charge >= 0.3 is 0 Å². The van der Waals surface area contributed by atoms with E-state index in [4.69, 9.17) is 0 Å². The van der Waals surface area contributed by atoms with Gasteiger partial charge < -0.3 is 5.32 Å². The number of halogens is 2. The normalized spacial score (nSPS) is 8.22. The highest BCUT2D eigenvalue weighted by molar-refractivity contribution is 5.45. The molecular formula is C5H7F2NO. The van der Waals surface area contributed by atoms with Crippen molar-refractivity contribution in [3.8, 4) is 0 Å². The molecule has 0 aliphatic rings. The second-order valence-electron chi connectivity index (χ2n) is 1.35. The first-order valence-corrected chi connectivity index (χ1v) is 2.45. The molecule has 0 heterocycles. The third-order valence-electron chi connectivity index (χ3n) is 0.671. The first-order chi connectivity index (χ1) is 4.27. The fourth-order valence-corrected chi connectivity index (χ4v) is 0.324. The predicted molar refractivity (Wildman–Crippen MR) is 29.0 cm³/mol. The lowest BCUT2D eigenvalue weighted by atomic mass is 10.4. The van der Waals surface area contributed by atoms with Crippen molar-refractivity contribution < 1.29 is 13.6 Å². The molecule has 0 unspecified atom stereocenters. The van der Waals surface area contributed by atoms with Crippen LogP contribution in [0.25, 0.3) is 0 Å². The summed E-state index contributed by atoms with van der Waals surface area (Å²) in [6.07, 6.45) is -0.288. The van der Waals surface area contributed by atoms with Crippen LogP contribution in [0.5, 0.6) is 0 Å². The fraction of sp³-hybridized carbons (Fsp3) is 0.400. The standard InChI is InChI=1S/C5H7F2NO/c6-5(7)2-1-3-8-4-9/h2,4H,1,3H2,(H,8,9). The minimum atomic E-state index is -1.71. The van der Waals surface area contributed by atoms with Crippen molar-refractivity contribution >= 4 is 6.41 Å². The van der Waals surface area contributed by atoms with Gasteiger partial charge in [-0.3, -0.25) is 4.79 Å². The SMILES string of the molecule is O=CNCCC=C(F)F. The molecule has 2 nitrogen and oxygen atoms in total. The van der Waals surface area contributed by atoms with E-state index in [1.54, 1.807) is 0 Å². The number of hydrogen-bond donors (Lipinski definition) is 1. The smallest absolute Gasteiger partial charge is 0.266 e. The first kappa shape index (κ1) is 8.07. The second kappa shape index (κ2) is 5.21. The van der Waals surface area contributed by atoms with Gasteiger partial charge in [0.05, 0.1) is 0 Å². The van der Waals surface area contributed by atoms with Gasteiger partial charge in [-0.1, -0.05) is 0 Å². The number of hydrogen-bond acceptors (Lipinski definition) is 1. The van der Waals surface area contributed by atoms with Crippen LogP contribution in [0.15, 0.2) is 12.2 Å². The maximum absolute atomic E-state index is 11.2. The van der Waals surface area contributed by atoms with E-state index in [0.717, 1.165) is 6.08 Å². The highest BCUT2D eigenvalue weighted by Crippen LogP contribution is 1.96. The summed E-state index contributed by atoms with van der Waals surface area (Å²) in [7, 11) is 0. The molecule has 0 aromatic carbocycles. The van der Waals surface area contributed by atoms with E-state index >= 15 is 0 Å². The van der Waals surface area contributed by atoms with Crippen molar-refractivity contribution in [1.29, 1.82) is 0 Å². The van der Waals surface area contributed by atoms with Crippen molar-refractivity contribution in [1.82, 2.24) is 5.32 Å². The molecule has 4 heteroatoms. The van der Waals surface area contributed by atoms with Crippen molar-refractivity contribution in [2.75, 3.05) is 6.54 Å². The minimum Gasteiger partial charge on any atom is -0.358 e. The highest BCUT2D eigenvalue weighted by Gasteiger charge is 1.85. The Hall–Kier alpha value is -0.930. The Labute approximate surface area is 51.6 Å². The number of carbonyl (C=O) groups is 1. The topological polar surface area (TPSA) is 29.1 Å². The van der Waals surface area contributed by atoms with Gasteiger partial charge in [-0.25, -0.2) is 0 Å². The zero-order chi connectivity index (χ0) is 7.11. The van der Waals surface area contributed by atoms with Crippen molar-refractivity contribution in [2.24, 2.45) is 0 Å². The van der Waals surface area contributed by atoms with Crippen LogP contribution in [0.1, 0.15) is 6.42 Å². The molecule has 0 bridgehead atoms. The average Bonchev–Trinajstić information content (AvgIpc) is 1.80. The van der Waals surface area contributed by atoms with Crippen molar-refractivity contribution in [3.63, 3.8) is 0 Å². The van der Waals surface area contributed by atoms with Crippen LogP contribution in [0.3, 0.4) is 0 Å². The highest BCUT2D eigenvalue weighted by atomic mass is 19.3. The Morgan fingerprint density at radius 3 is 2.67 bits per heavy atom. The third-order valence-corrected chi connectivity index (χ3v) is 0.671. The van der Waals surface area contributed by atoms with Gasteiger partial charge in [-0.15, -0.1) is 0 Å². The van der Waals surface area contributed by atoms with Crippen LogP contribution >= 0.6 is 0 Å². The molecule has 0 rings (SSSR count). The molecule has 0 saturated heterocycles. The summed E-state index contributed by atoms with van der Waals surface area (Å²) in [6.45, 7) is 0.265. The Morgan fingerprint density at radius 1 is 1.56 bits per heavy atom. The number of amides is 1. The summed E-state index contributed by atoms with van der Waals surface area (Å²) in [5.74, 6) is 0. The van der Waals surface area contributed by atoms with Crippen molar-refractivity contribution in [2.45, 2.75) is 6.42 Å². The molecule has 1 N–H and O–H groups in total. The lowest BCUT2D eigenvalue weighted by Crippen LogP contribution is -2.10. The molecule has 0 fully saturated rings. The molecule has 0 spiro atoms. The van der Waals surface area contributed by atoms with Gasteiger partial charge in [0.1, 0.15) is 0 Å². The Balaban J connectivity index is 3.09. The number of carbonyl (C=O) groups excluding carboxylic acids is 1. The van der Waals surface area contributed by atoms with Crippen molar-refractivity contribution in [3.05, 3.63) is 12.2 Å². The quantitative estimate of drug-likeness (QED) is 0.450. The molecule has 0 radical (unpaired) electrons. The average molecular weight is 135 g/mol. The molecule has 0 aromatic rings. The molecule has 0 aliphatic heterocycles. The first-order valence-electron chi connectivity index (χ1n) is 2.45. The van der Waals surface area contributed by atoms with Crippen LogP contribution in [-0.2, 0) is 4.79 Å². The molecule has 0 saturated carbocycles. The molecule has 0 aliphatic carbocycles. The largest absolute Gasteiger partial charge is 0.358 e. The van der Waals surface area contributed by atoms with Crippen LogP contribution in [-0.4, -0.2) is 13.0 Å². The molecule has 0 aromatic heterocycles. The fourth-order valence-electron chi connectivity index (χ4n) is 0.324. The van der Waals surface area contributed by atoms with E-state index in [0.29, 0.717) is 6.41 Å². The molecule has 0 atom stereocenters. The van der Waals surface area contributed by atoms with E-state index in [1.165, 1.54) is 0 Å². The zero-order valence-corrected chi connectivity index (χ0v) is 4.73. The summed E-state index contributed by atoms with van der Waals surface area (Å²) in [6, 6.07) is 0. The summed E-state index contributed by atoms with van der Waals surface area (Å²) in [4.78, 5) is 9.53. The summed E-state index contributed by atoms with van der Waals surface area (Å²) in [5, 5.41) is 2.25. The molecular weight excluding hydrogens is 128 g/mol. The maximum Gasteiger partial charge on any atom is 0.266 e. The Morgan fingerprint density at radius 2 is 2.22 bits per heavy atom. The van der Waals surface area contributed by atoms with Crippen LogP contribution in [0.4, 0.5) is 8.78 Å². The van der Waals surface area contributed by atoms with E-state index in [2.05, 4.69) is 5.32 Å². The van der Waals surface area contributed by atoms with Gasteiger partial charge in [0, 0.05) is 6.54 Å². The second-order valence-corrected chi connectivity index (χ2v) is 1.35. The van der Waals surface area contributed by atoms with Crippen LogP contribution < -0.4 is 5.32 Å². The monoisotopic (exact) mass is 135 g/mol. The number of rotatable bonds is 4. The summed E-state index contributed by atoms with van der Waals surface area (Å²) < 4.78 is 22.4. The van der Waals surface area contributed by atoms with Gasteiger partial charge in [-0.2, -0.15) is 8.78 Å². The summed E-state index contributed by atoms with van der Waals surface area (Å²) in [5.41, 5.74) is 0. The van der Waals surface area contributed by atoms with Crippen LogP contribution in [0, 0.1) is 0 Å². The Kier molecular flexibility index (Phi) is 4.67. The lowest BCUT2D eigenvalue weighted by Gasteiger charge is -1.89. The predicted octanol–water partition coefficient (Wildman–Crippen LogP) is 0.903. The van der Waals surface area contributed by atoms with E-state index in [1.807, 2.05) is 0 Å². The maximum atomic E-state index is 11.2. The Bertz CT molecular complexity index is 110. The van der Waals surface area contributed by atoms with E-state index in [-0.39, 0.29) is 13.0 Å². The van der Waals surface area contributed by atoms with E-state index < -0.39 is 6.08 Å². The third kappa shape index (κ3) is 7.07. The van der Waals surface area contributed by atoms with Crippen LogP contribution in [0.2, 0.25) is 0 Å². The number of nitrogens with one attached hydrogen (secondary N) is 1. The van der Waals surface area contributed by atoms with Gasteiger partial charge in [0.15, 0.2) is 0 Å². The van der Waals surface area contributed by atoms with Gasteiger partial charge in [0.25, 0.3) is 6.08 Å². The van der Waals surface area contributed by atoms with Gasteiger partial charge in [-0.05, 0) is 12.5 Å².